The van der Waals surface area contributed by atoms with Gasteiger partial charge in [0.2, 0.25) is 0 Å². The molecular formula is C12H16Cl2N2O2. The molecule has 0 bridgehead atoms. The van der Waals surface area contributed by atoms with Crippen molar-refractivity contribution in [2.75, 3.05) is 0 Å². The van der Waals surface area contributed by atoms with Crippen LogP contribution in [-0.2, 0) is 0 Å². The van der Waals surface area contributed by atoms with Crippen molar-refractivity contribution in [3.8, 4) is 0 Å². The van der Waals surface area contributed by atoms with E-state index in [1.54, 1.807) is 12.1 Å². The maximum absolute atomic E-state index is 10.8. The van der Waals surface area contributed by atoms with Gasteiger partial charge in [-0.3, -0.25) is 10.1 Å². The van der Waals surface area contributed by atoms with Crippen LogP contribution in [0.5, 0.6) is 0 Å². The zero-order valence-electron chi connectivity index (χ0n) is 9.84. The first-order valence-corrected chi connectivity index (χ1v) is 6.17. The number of nitrogens with zero attached hydrogens (tertiary/aromatic N) is 1. The van der Waals surface area contributed by atoms with Crippen LogP contribution in [0.2, 0.25) is 5.02 Å². The molecule has 2 rings (SSSR count). The van der Waals surface area contributed by atoms with Gasteiger partial charge in [-0.1, -0.05) is 30.5 Å². The van der Waals surface area contributed by atoms with Crippen LogP contribution in [0.4, 0.5) is 5.69 Å². The SMILES string of the molecule is Cl.N[C@@H](c1ccc(Cl)c([N+](=O)[O-])c1)C1CCCC1. The number of nitro groups is 1. The second kappa shape index (κ2) is 6.36. The zero-order chi connectivity index (χ0) is 12.4. The minimum atomic E-state index is -0.465. The highest BCUT2D eigenvalue weighted by Crippen LogP contribution is 2.36. The number of benzene rings is 1. The summed E-state index contributed by atoms with van der Waals surface area (Å²) < 4.78 is 0. The molecule has 6 heteroatoms. The number of hydrogen-bond acceptors (Lipinski definition) is 3. The van der Waals surface area contributed by atoms with Crippen LogP contribution < -0.4 is 5.73 Å². The van der Waals surface area contributed by atoms with Crippen LogP contribution in [0.15, 0.2) is 18.2 Å². The van der Waals surface area contributed by atoms with Gasteiger partial charge in [-0.05, 0) is 30.4 Å². The van der Waals surface area contributed by atoms with Crippen molar-refractivity contribution in [2.45, 2.75) is 31.7 Å². The second-order valence-corrected chi connectivity index (χ2v) is 4.95. The molecule has 0 aromatic heterocycles. The summed E-state index contributed by atoms with van der Waals surface area (Å²) in [5, 5.41) is 11.0. The van der Waals surface area contributed by atoms with Crippen molar-refractivity contribution in [1.29, 1.82) is 0 Å². The Morgan fingerprint density at radius 1 is 1.39 bits per heavy atom. The molecule has 1 aromatic carbocycles. The van der Waals surface area contributed by atoms with Crippen molar-refractivity contribution < 1.29 is 4.92 Å². The molecule has 1 aliphatic rings. The molecule has 0 radical (unpaired) electrons. The van der Waals surface area contributed by atoms with E-state index >= 15 is 0 Å². The Bertz CT molecular complexity index is 434. The van der Waals surface area contributed by atoms with Crippen LogP contribution in [0.3, 0.4) is 0 Å². The molecule has 0 unspecified atom stereocenters. The summed E-state index contributed by atoms with van der Waals surface area (Å²) in [5.74, 6) is 0.441. The summed E-state index contributed by atoms with van der Waals surface area (Å²) >= 11 is 5.77. The molecule has 0 heterocycles. The summed E-state index contributed by atoms with van der Waals surface area (Å²) in [7, 11) is 0. The minimum Gasteiger partial charge on any atom is -0.324 e. The Balaban J connectivity index is 0.00000162. The lowest BCUT2D eigenvalue weighted by Gasteiger charge is -2.19. The lowest BCUT2D eigenvalue weighted by Crippen LogP contribution is -2.19. The van der Waals surface area contributed by atoms with Gasteiger partial charge in [0.1, 0.15) is 5.02 Å². The Morgan fingerprint density at radius 3 is 2.56 bits per heavy atom. The van der Waals surface area contributed by atoms with Gasteiger partial charge in [-0.2, -0.15) is 0 Å². The largest absolute Gasteiger partial charge is 0.324 e. The van der Waals surface area contributed by atoms with E-state index < -0.39 is 4.92 Å². The van der Waals surface area contributed by atoms with E-state index in [0.717, 1.165) is 18.4 Å². The highest BCUT2D eigenvalue weighted by atomic mass is 35.5. The molecule has 2 N–H and O–H groups in total. The van der Waals surface area contributed by atoms with E-state index in [2.05, 4.69) is 0 Å². The normalized spacial score (nSPS) is 17.2. The van der Waals surface area contributed by atoms with Crippen molar-refractivity contribution in [3.63, 3.8) is 0 Å². The summed E-state index contributed by atoms with van der Waals surface area (Å²) in [4.78, 5) is 10.3. The third-order valence-electron chi connectivity index (χ3n) is 3.46. The van der Waals surface area contributed by atoms with Gasteiger partial charge in [-0.25, -0.2) is 0 Å². The Labute approximate surface area is 117 Å². The minimum absolute atomic E-state index is 0. The Hall–Kier alpha value is -0.840. The predicted molar refractivity (Wildman–Crippen MR) is 74.2 cm³/mol. The van der Waals surface area contributed by atoms with Crippen LogP contribution in [0.25, 0.3) is 0 Å². The summed E-state index contributed by atoms with van der Waals surface area (Å²) in [6.45, 7) is 0. The fraction of sp³-hybridized carbons (Fsp3) is 0.500. The molecular weight excluding hydrogens is 275 g/mol. The highest BCUT2D eigenvalue weighted by molar-refractivity contribution is 6.32. The van der Waals surface area contributed by atoms with Crippen LogP contribution in [0, 0.1) is 16.0 Å². The van der Waals surface area contributed by atoms with Gasteiger partial charge in [0.25, 0.3) is 5.69 Å². The number of nitrogens with two attached hydrogens (primary N) is 1. The topological polar surface area (TPSA) is 69.2 Å². The van der Waals surface area contributed by atoms with Crippen LogP contribution in [-0.4, -0.2) is 4.92 Å². The van der Waals surface area contributed by atoms with Gasteiger partial charge in [-0.15, -0.1) is 12.4 Å². The van der Waals surface area contributed by atoms with Crippen molar-refractivity contribution >= 4 is 29.7 Å². The molecule has 1 aliphatic carbocycles. The van der Waals surface area contributed by atoms with Crippen molar-refractivity contribution in [1.82, 2.24) is 0 Å². The second-order valence-electron chi connectivity index (χ2n) is 4.54. The fourth-order valence-corrected chi connectivity index (χ4v) is 2.65. The van der Waals surface area contributed by atoms with E-state index in [9.17, 15) is 10.1 Å². The maximum atomic E-state index is 10.8. The quantitative estimate of drug-likeness (QED) is 0.679. The first-order valence-electron chi connectivity index (χ1n) is 5.79. The summed E-state index contributed by atoms with van der Waals surface area (Å²) in [5.41, 5.74) is 6.91. The van der Waals surface area contributed by atoms with E-state index in [1.165, 1.54) is 18.9 Å². The smallest absolute Gasteiger partial charge is 0.288 e. The van der Waals surface area contributed by atoms with Crippen LogP contribution in [0.1, 0.15) is 37.3 Å². The third kappa shape index (κ3) is 3.13. The monoisotopic (exact) mass is 290 g/mol. The number of halogens is 2. The zero-order valence-corrected chi connectivity index (χ0v) is 11.4. The van der Waals surface area contributed by atoms with E-state index in [4.69, 9.17) is 17.3 Å². The Kier molecular flexibility index (Phi) is 5.38. The fourth-order valence-electron chi connectivity index (χ4n) is 2.47. The van der Waals surface area contributed by atoms with E-state index in [-0.39, 0.29) is 29.2 Å². The average molecular weight is 291 g/mol. The van der Waals surface area contributed by atoms with E-state index in [0.29, 0.717) is 5.92 Å². The molecule has 0 spiro atoms. The van der Waals surface area contributed by atoms with Gasteiger partial charge < -0.3 is 5.73 Å². The van der Waals surface area contributed by atoms with Gasteiger partial charge in [0, 0.05) is 12.1 Å². The lowest BCUT2D eigenvalue weighted by molar-refractivity contribution is -0.384. The summed E-state index contributed by atoms with van der Waals surface area (Å²) in [6, 6.07) is 4.74. The number of rotatable bonds is 3. The van der Waals surface area contributed by atoms with Crippen LogP contribution >= 0.6 is 24.0 Å². The lowest BCUT2D eigenvalue weighted by atomic mass is 9.92. The Morgan fingerprint density at radius 2 is 2.00 bits per heavy atom. The molecule has 0 saturated heterocycles. The highest BCUT2D eigenvalue weighted by Gasteiger charge is 2.25. The molecule has 1 aromatic rings. The molecule has 4 nitrogen and oxygen atoms in total. The first kappa shape index (κ1) is 15.2. The van der Waals surface area contributed by atoms with Gasteiger partial charge in [0.15, 0.2) is 0 Å². The maximum Gasteiger partial charge on any atom is 0.288 e. The predicted octanol–water partition coefficient (Wildman–Crippen LogP) is 3.86. The molecule has 18 heavy (non-hydrogen) atoms. The van der Waals surface area contributed by atoms with Gasteiger partial charge >= 0.3 is 0 Å². The average Bonchev–Trinajstić information content (AvgIpc) is 2.81. The molecule has 1 atom stereocenters. The molecule has 1 saturated carbocycles. The number of hydrogen-bond donors (Lipinski definition) is 1. The standard InChI is InChI=1S/C12H15ClN2O2.ClH/c13-10-6-5-9(7-11(10)15(16)17)12(14)8-3-1-2-4-8;/h5-8,12H,1-4,14H2;1H/t12-;/m1./s1. The molecule has 100 valence electrons. The first-order chi connectivity index (χ1) is 8.09. The molecule has 0 amide bonds. The number of nitro benzene ring substituents is 1. The van der Waals surface area contributed by atoms with Crippen molar-refractivity contribution in [3.05, 3.63) is 38.9 Å². The van der Waals surface area contributed by atoms with Gasteiger partial charge in [0.05, 0.1) is 4.92 Å². The summed E-state index contributed by atoms with van der Waals surface area (Å²) in [6.07, 6.45) is 4.62. The molecule has 1 fully saturated rings. The van der Waals surface area contributed by atoms with E-state index in [1.807, 2.05) is 0 Å². The molecule has 0 aliphatic heterocycles. The third-order valence-corrected chi connectivity index (χ3v) is 3.78. The van der Waals surface area contributed by atoms with Crippen molar-refractivity contribution in [2.24, 2.45) is 11.7 Å².